The van der Waals surface area contributed by atoms with Crippen molar-refractivity contribution in [2.45, 2.75) is 68.2 Å². The molecular formula is C78H77ClN8O4. The predicted octanol–water partition coefficient (Wildman–Crippen LogP) is 15.4. The van der Waals surface area contributed by atoms with Crippen LogP contribution in [0.5, 0.6) is 0 Å². The summed E-state index contributed by atoms with van der Waals surface area (Å²) in [7, 11) is 0. The number of nitrogens with one attached hydrogen (secondary N) is 1. The molecule has 0 unspecified atom stereocenters. The van der Waals surface area contributed by atoms with Crippen molar-refractivity contribution in [1.29, 1.82) is 0 Å². The number of anilines is 6. The highest BCUT2D eigenvalue weighted by atomic mass is 35.5. The SMILES string of the molecule is CCOC(OCC)OCC.CCOC1N(c2ccc(-c3ccccc3C)cc2)c2nc3ccccc3nc2N1c1ccc(-c2ccccc2C)cc1.Cc1ccccc1-c1ccc(Nc2nc3ccccc3nc2[NH2+]c2ccc(-c3ccccc3C)cc2)cc1.[Cl-]. The third-order valence-electron chi connectivity index (χ3n) is 15.7. The summed E-state index contributed by atoms with van der Waals surface area (Å²) in [4.78, 5) is 24.5. The number of nitrogens with zero attached hydrogens (tertiary/aromatic N) is 6. The summed E-state index contributed by atoms with van der Waals surface area (Å²) in [5.41, 5.74) is 22.2. The highest BCUT2D eigenvalue weighted by Crippen LogP contribution is 2.47. The molecule has 3 heterocycles. The molecule has 1 aliphatic rings. The first kappa shape index (κ1) is 64.4. The van der Waals surface area contributed by atoms with Crippen LogP contribution in [0.1, 0.15) is 49.9 Å². The Kier molecular flexibility index (Phi) is 21.7. The fourth-order valence-electron chi connectivity index (χ4n) is 11.2. The first-order valence-corrected chi connectivity index (χ1v) is 31.0. The van der Waals surface area contributed by atoms with Gasteiger partial charge in [-0.05, 0) is 195 Å². The maximum Gasteiger partial charge on any atom is 0.273 e. The molecule has 0 atom stereocenters. The Hall–Kier alpha value is -9.63. The van der Waals surface area contributed by atoms with Gasteiger partial charge in [0.25, 0.3) is 12.3 Å². The minimum absolute atomic E-state index is 0. The van der Waals surface area contributed by atoms with Gasteiger partial charge in [0.05, 0.1) is 22.1 Å². The number of quaternary nitrogens is 1. The summed E-state index contributed by atoms with van der Waals surface area (Å²) in [5, 5.41) is 5.61. The largest absolute Gasteiger partial charge is 1.00 e. The van der Waals surface area contributed by atoms with Crippen molar-refractivity contribution in [2.75, 3.05) is 41.5 Å². The summed E-state index contributed by atoms with van der Waals surface area (Å²) in [6.07, 6.45) is -0.449. The molecule has 10 aromatic carbocycles. The van der Waals surface area contributed by atoms with Gasteiger partial charge in [-0.15, -0.1) is 0 Å². The highest BCUT2D eigenvalue weighted by molar-refractivity contribution is 5.90. The number of nitrogens with two attached hydrogens (primary N) is 1. The monoisotopic (exact) mass is 1220 g/mol. The van der Waals surface area contributed by atoms with Crippen LogP contribution in [0, 0.1) is 27.7 Å². The summed E-state index contributed by atoms with van der Waals surface area (Å²) in [6, 6.07) is 84.3. The number of fused-ring (bicyclic) bond motifs is 3. The highest BCUT2D eigenvalue weighted by Gasteiger charge is 2.41. The third kappa shape index (κ3) is 15.2. The third-order valence-corrected chi connectivity index (χ3v) is 15.7. The average molecular weight is 1230 g/mol. The van der Waals surface area contributed by atoms with Crippen molar-refractivity contribution in [3.8, 4) is 44.5 Å². The second-order valence-electron chi connectivity index (χ2n) is 21.8. The van der Waals surface area contributed by atoms with E-state index < -0.39 is 12.8 Å². The Labute approximate surface area is 541 Å². The predicted molar refractivity (Wildman–Crippen MR) is 368 cm³/mol. The van der Waals surface area contributed by atoms with Gasteiger partial charge >= 0.3 is 0 Å². The fourth-order valence-corrected chi connectivity index (χ4v) is 11.2. The van der Waals surface area contributed by atoms with Gasteiger partial charge in [-0.1, -0.05) is 158 Å². The lowest BCUT2D eigenvalue weighted by molar-refractivity contribution is -0.482. The molecule has 1 aliphatic heterocycles. The Bertz CT molecular complexity index is 4060. The van der Waals surface area contributed by atoms with Gasteiger partial charge in [0.1, 0.15) is 5.69 Å². The van der Waals surface area contributed by atoms with Crippen LogP contribution in [0.2, 0.25) is 0 Å². The molecule has 12 nitrogen and oxygen atoms in total. The van der Waals surface area contributed by atoms with E-state index in [0.717, 1.165) is 68.1 Å². The molecule has 0 amide bonds. The quantitative estimate of drug-likeness (QED) is 0.0630. The number of hydrogen-bond acceptors (Lipinski definition) is 11. The van der Waals surface area contributed by atoms with Gasteiger partial charge in [-0.2, -0.15) is 4.98 Å². The molecule has 0 fully saturated rings. The van der Waals surface area contributed by atoms with E-state index in [1.807, 2.05) is 76.2 Å². The van der Waals surface area contributed by atoms with Crippen LogP contribution < -0.4 is 32.8 Å². The van der Waals surface area contributed by atoms with E-state index in [2.05, 4.69) is 242 Å². The number of rotatable bonds is 18. The van der Waals surface area contributed by atoms with Gasteiger partial charge in [0, 0.05) is 55.6 Å². The standard InChI is InChI=1S/C37H32N4O.C34H28N4.C7H16O3.ClH/c1-4-42-37-40(29-21-17-27(18-22-29)31-13-7-5-11-25(31)2)35-36(39-34-16-10-9-15-33(34)38-35)41(37)30-23-19-28(20-24-30)32-14-8-6-12-26(32)3;1-23-9-3-5-11-29(23)25-15-19-27(20-16-25)35-33-34(38-32-14-8-7-13-31(32)37-33)36-28-21-17-26(18-22-28)30-12-6-4-10-24(30)2;1-4-8-7(9-5-2)10-6-3;/h5-24,37H,4H2,1-3H3;3-22H,1-2H3,(H,35,37)(H,36,38);7H,4-6H2,1-3H3;1H. The van der Waals surface area contributed by atoms with Gasteiger partial charge in [0.2, 0.25) is 12.2 Å². The van der Waals surface area contributed by atoms with Crippen molar-refractivity contribution in [3.63, 3.8) is 0 Å². The summed E-state index contributed by atoms with van der Waals surface area (Å²) < 4.78 is 21.7. The molecule has 0 bridgehead atoms. The number of aryl methyl sites for hydroxylation is 4. The maximum absolute atomic E-state index is 6.49. The van der Waals surface area contributed by atoms with Crippen molar-refractivity contribution in [1.82, 2.24) is 19.9 Å². The van der Waals surface area contributed by atoms with Gasteiger partial charge < -0.3 is 36.7 Å². The summed E-state index contributed by atoms with van der Waals surface area (Å²) in [6.45, 7) is 18.2. The Balaban J connectivity index is 0.000000173. The molecule has 13 heteroatoms. The van der Waals surface area contributed by atoms with Crippen LogP contribution in [0.25, 0.3) is 66.6 Å². The molecule has 0 aliphatic carbocycles. The number of benzene rings is 10. The van der Waals surface area contributed by atoms with Gasteiger partial charge in [0.15, 0.2) is 11.6 Å². The zero-order valence-electron chi connectivity index (χ0n) is 52.8. The van der Waals surface area contributed by atoms with Crippen molar-refractivity contribution >= 4 is 68.1 Å². The maximum atomic E-state index is 6.49. The number of hydrogen-bond donors (Lipinski definition) is 2. The van der Waals surface area contributed by atoms with Crippen molar-refractivity contribution < 1.29 is 36.7 Å². The molecular weight excluding hydrogens is 1150 g/mol. The van der Waals surface area contributed by atoms with E-state index in [1.54, 1.807) is 0 Å². The second kappa shape index (κ2) is 30.7. The van der Waals surface area contributed by atoms with E-state index in [1.165, 1.54) is 66.8 Å². The normalized spacial score (nSPS) is 11.8. The molecule has 2 aromatic heterocycles. The van der Waals surface area contributed by atoms with E-state index in [9.17, 15) is 0 Å². The van der Waals surface area contributed by atoms with Gasteiger partial charge in [-0.25, -0.2) is 15.0 Å². The Morgan fingerprint density at radius 3 is 1.08 bits per heavy atom. The molecule has 12 aromatic rings. The second-order valence-corrected chi connectivity index (χ2v) is 21.8. The lowest BCUT2D eigenvalue weighted by atomic mass is 10.0. The van der Waals surface area contributed by atoms with E-state index in [-0.39, 0.29) is 12.4 Å². The van der Waals surface area contributed by atoms with Crippen LogP contribution in [-0.4, -0.2) is 59.2 Å². The summed E-state index contributed by atoms with van der Waals surface area (Å²) >= 11 is 0. The molecule has 0 radical (unpaired) electrons. The summed E-state index contributed by atoms with van der Waals surface area (Å²) in [5.74, 6) is 3.09. The van der Waals surface area contributed by atoms with Crippen LogP contribution in [0.4, 0.5) is 46.0 Å². The first-order valence-electron chi connectivity index (χ1n) is 31.0. The molecule has 3 N–H and O–H groups in total. The zero-order chi connectivity index (χ0) is 62.3. The van der Waals surface area contributed by atoms with Crippen LogP contribution in [0.3, 0.4) is 0 Å². The van der Waals surface area contributed by atoms with E-state index in [4.69, 9.17) is 38.9 Å². The van der Waals surface area contributed by atoms with Crippen LogP contribution in [0.15, 0.2) is 243 Å². The number of para-hydroxylation sites is 4. The number of halogens is 1. The fraction of sp³-hybridized carbons (Fsp3) is 0.179. The number of ether oxygens (including phenoxy) is 4. The average Bonchev–Trinajstić information content (AvgIpc) is 1.60. The molecule has 0 saturated heterocycles. The topological polar surface area (TPSA) is 124 Å². The molecule has 13 rings (SSSR count). The van der Waals surface area contributed by atoms with Gasteiger partial charge in [-0.3, -0.25) is 15.1 Å². The first-order chi connectivity index (χ1) is 44.1. The lowest BCUT2D eigenvalue weighted by Gasteiger charge is -2.31. The molecule has 91 heavy (non-hydrogen) atoms. The van der Waals surface area contributed by atoms with E-state index in [0.29, 0.717) is 26.4 Å². The van der Waals surface area contributed by atoms with Crippen molar-refractivity contribution in [2.24, 2.45) is 0 Å². The minimum atomic E-state index is -0.472. The van der Waals surface area contributed by atoms with E-state index >= 15 is 0 Å². The molecule has 0 spiro atoms. The zero-order valence-corrected chi connectivity index (χ0v) is 53.6. The molecule has 460 valence electrons. The Morgan fingerprint density at radius 2 is 0.714 bits per heavy atom. The Morgan fingerprint density at radius 1 is 0.385 bits per heavy atom. The minimum Gasteiger partial charge on any atom is -1.00 e. The van der Waals surface area contributed by atoms with Crippen LogP contribution >= 0.6 is 0 Å². The smallest absolute Gasteiger partial charge is 0.273 e. The van der Waals surface area contributed by atoms with Crippen molar-refractivity contribution in [3.05, 3.63) is 265 Å². The molecule has 0 saturated carbocycles. The van der Waals surface area contributed by atoms with Crippen LogP contribution in [-0.2, 0) is 18.9 Å². The number of aromatic nitrogens is 4. The lowest BCUT2D eigenvalue weighted by Crippen LogP contribution is -3.00.